The second-order valence-corrected chi connectivity index (χ2v) is 4.63. The predicted molar refractivity (Wildman–Crippen MR) is 66.8 cm³/mol. The van der Waals surface area contributed by atoms with Gasteiger partial charge in [0.25, 0.3) is 0 Å². The first-order valence-corrected chi connectivity index (χ1v) is 6.70. The molecule has 1 saturated heterocycles. The monoisotopic (exact) mass is 229 g/mol. The van der Waals surface area contributed by atoms with Gasteiger partial charge in [-0.15, -0.1) is 0 Å². The van der Waals surface area contributed by atoms with Crippen molar-refractivity contribution in [2.24, 2.45) is 0 Å². The van der Waals surface area contributed by atoms with E-state index in [4.69, 9.17) is 9.47 Å². The van der Waals surface area contributed by atoms with Crippen molar-refractivity contribution >= 4 is 0 Å². The fourth-order valence-electron chi connectivity index (χ4n) is 2.37. The Labute approximate surface area is 99.9 Å². The van der Waals surface area contributed by atoms with Gasteiger partial charge in [0.05, 0.1) is 12.7 Å². The minimum absolute atomic E-state index is 0.527. The lowest BCUT2D eigenvalue weighted by atomic mass is 10.1. The Morgan fingerprint density at radius 3 is 2.94 bits per heavy atom. The molecule has 0 amide bonds. The standard InChI is InChI=1S/C13H27NO2/c1-3-14-12(11-15-2)7-4-5-8-13-9-6-10-16-13/h12-14H,3-11H2,1-2H3. The molecule has 16 heavy (non-hydrogen) atoms. The molecule has 1 fully saturated rings. The number of hydrogen-bond donors (Lipinski definition) is 1. The molecule has 0 radical (unpaired) electrons. The fourth-order valence-corrected chi connectivity index (χ4v) is 2.37. The van der Waals surface area contributed by atoms with Crippen molar-refractivity contribution < 1.29 is 9.47 Å². The third-order valence-electron chi connectivity index (χ3n) is 3.21. The summed E-state index contributed by atoms with van der Waals surface area (Å²) < 4.78 is 10.8. The van der Waals surface area contributed by atoms with Crippen LogP contribution in [0.4, 0.5) is 0 Å². The Hall–Kier alpha value is -0.120. The summed E-state index contributed by atoms with van der Waals surface area (Å²) in [4.78, 5) is 0. The van der Waals surface area contributed by atoms with Gasteiger partial charge in [-0.25, -0.2) is 0 Å². The molecule has 0 aromatic rings. The van der Waals surface area contributed by atoms with Crippen molar-refractivity contribution in [3.63, 3.8) is 0 Å². The number of nitrogens with one attached hydrogen (secondary N) is 1. The van der Waals surface area contributed by atoms with Crippen LogP contribution in [0.5, 0.6) is 0 Å². The van der Waals surface area contributed by atoms with E-state index in [2.05, 4.69) is 12.2 Å². The Balaban J connectivity index is 1.98. The second-order valence-electron chi connectivity index (χ2n) is 4.63. The van der Waals surface area contributed by atoms with Gasteiger partial charge in [0.2, 0.25) is 0 Å². The topological polar surface area (TPSA) is 30.5 Å². The second kappa shape index (κ2) is 8.97. The minimum atomic E-state index is 0.527. The average Bonchev–Trinajstić information content (AvgIpc) is 2.78. The van der Waals surface area contributed by atoms with E-state index in [9.17, 15) is 0 Å². The molecule has 3 heteroatoms. The van der Waals surface area contributed by atoms with Crippen molar-refractivity contribution in [2.45, 2.75) is 57.6 Å². The van der Waals surface area contributed by atoms with Crippen LogP contribution in [0.3, 0.4) is 0 Å². The predicted octanol–water partition coefficient (Wildman–Crippen LogP) is 2.35. The lowest BCUT2D eigenvalue weighted by Crippen LogP contribution is -2.32. The number of ether oxygens (including phenoxy) is 2. The molecule has 0 aromatic carbocycles. The highest BCUT2D eigenvalue weighted by molar-refractivity contribution is 4.68. The molecule has 1 aliphatic heterocycles. The van der Waals surface area contributed by atoms with E-state index in [1.165, 1.54) is 38.5 Å². The molecule has 2 unspecified atom stereocenters. The largest absolute Gasteiger partial charge is 0.383 e. The van der Waals surface area contributed by atoms with Crippen LogP contribution < -0.4 is 5.32 Å². The van der Waals surface area contributed by atoms with Crippen molar-refractivity contribution in [1.29, 1.82) is 0 Å². The maximum atomic E-state index is 5.61. The van der Waals surface area contributed by atoms with Crippen LogP contribution in [-0.2, 0) is 9.47 Å². The fraction of sp³-hybridized carbons (Fsp3) is 1.00. The first-order valence-electron chi connectivity index (χ1n) is 6.70. The Bertz CT molecular complexity index is 152. The zero-order chi connectivity index (χ0) is 11.6. The summed E-state index contributed by atoms with van der Waals surface area (Å²) in [6.45, 7) is 4.98. The molecular formula is C13H27NO2. The SMILES string of the molecule is CCNC(CCCCC1CCCO1)COC. The summed E-state index contributed by atoms with van der Waals surface area (Å²) >= 11 is 0. The van der Waals surface area contributed by atoms with E-state index in [1.807, 2.05) is 0 Å². The summed E-state index contributed by atoms with van der Waals surface area (Å²) in [7, 11) is 1.77. The molecular weight excluding hydrogens is 202 g/mol. The third kappa shape index (κ3) is 5.83. The van der Waals surface area contributed by atoms with Crippen molar-refractivity contribution in [1.82, 2.24) is 5.32 Å². The number of unbranched alkanes of at least 4 members (excludes halogenated alkanes) is 1. The van der Waals surface area contributed by atoms with Crippen LogP contribution in [0.2, 0.25) is 0 Å². The highest BCUT2D eigenvalue weighted by atomic mass is 16.5. The molecule has 0 saturated carbocycles. The minimum Gasteiger partial charge on any atom is -0.383 e. The van der Waals surface area contributed by atoms with E-state index in [-0.39, 0.29) is 0 Å². The van der Waals surface area contributed by atoms with Crippen LogP contribution in [0.25, 0.3) is 0 Å². The number of rotatable bonds is 9. The Kier molecular flexibility index (Phi) is 7.81. The van der Waals surface area contributed by atoms with Crippen LogP contribution in [-0.4, -0.2) is 39.0 Å². The highest BCUT2D eigenvalue weighted by Gasteiger charge is 2.15. The van der Waals surface area contributed by atoms with Crippen LogP contribution in [0.15, 0.2) is 0 Å². The van der Waals surface area contributed by atoms with Crippen LogP contribution in [0, 0.1) is 0 Å². The summed E-state index contributed by atoms with van der Waals surface area (Å²) in [6.07, 6.45) is 8.11. The number of hydrogen-bond acceptors (Lipinski definition) is 3. The molecule has 1 heterocycles. The first kappa shape index (κ1) is 13.9. The molecule has 2 atom stereocenters. The van der Waals surface area contributed by atoms with Crippen molar-refractivity contribution in [3.8, 4) is 0 Å². The summed E-state index contributed by atoms with van der Waals surface area (Å²) in [5.41, 5.74) is 0. The third-order valence-corrected chi connectivity index (χ3v) is 3.21. The van der Waals surface area contributed by atoms with E-state index >= 15 is 0 Å². The van der Waals surface area contributed by atoms with E-state index in [0.717, 1.165) is 19.8 Å². The summed E-state index contributed by atoms with van der Waals surface area (Å²) in [5, 5.41) is 3.46. The summed E-state index contributed by atoms with van der Waals surface area (Å²) in [5.74, 6) is 0. The zero-order valence-corrected chi connectivity index (χ0v) is 10.8. The lowest BCUT2D eigenvalue weighted by molar-refractivity contribution is 0.101. The smallest absolute Gasteiger partial charge is 0.0615 e. The number of methoxy groups -OCH3 is 1. The molecule has 96 valence electrons. The molecule has 3 nitrogen and oxygen atoms in total. The van der Waals surface area contributed by atoms with Gasteiger partial charge >= 0.3 is 0 Å². The maximum absolute atomic E-state index is 5.61. The van der Waals surface area contributed by atoms with Gasteiger partial charge in [-0.3, -0.25) is 0 Å². The maximum Gasteiger partial charge on any atom is 0.0615 e. The van der Waals surface area contributed by atoms with Crippen molar-refractivity contribution in [3.05, 3.63) is 0 Å². The molecule has 0 aliphatic carbocycles. The number of likely N-dealkylation sites (N-methyl/N-ethyl adjacent to an activating group) is 1. The van der Waals surface area contributed by atoms with Gasteiger partial charge in [-0.1, -0.05) is 19.8 Å². The van der Waals surface area contributed by atoms with E-state index < -0.39 is 0 Å². The van der Waals surface area contributed by atoms with E-state index in [0.29, 0.717) is 12.1 Å². The van der Waals surface area contributed by atoms with Gasteiger partial charge < -0.3 is 14.8 Å². The normalized spacial score (nSPS) is 22.5. The Morgan fingerprint density at radius 2 is 2.31 bits per heavy atom. The summed E-state index contributed by atoms with van der Waals surface area (Å²) in [6, 6.07) is 0.527. The van der Waals surface area contributed by atoms with Gasteiger partial charge in [0, 0.05) is 19.8 Å². The van der Waals surface area contributed by atoms with Gasteiger partial charge in [0.15, 0.2) is 0 Å². The van der Waals surface area contributed by atoms with E-state index in [1.54, 1.807) is 7.11 Å². The van der Waals surface area contributed by atoms with Crippen LogP contribution >= 0.6 is 0 Å². The van der Waals surface area contributed by atoms with Crippen LogP contribution in [0.1, 0.15) is 45.4 Å². The molecule has 1 rings (SSSR count). The quantitative estimate of drug-likeness (QED) is 0.616. The molecule has 1 N–H and O–H groups in total. The average molecular weight is 229 g/mol. The van der Waals surface area contributed by atoms with Gasteiger partial charge in [-0.05, 0) is 32.2 Å². The van der Waals surface area contributed by atoms with Crippen molar-refractivity contribution in [2.75, 3.05) is 26.9 Å². The lowest BCUT2D eigenvalue weighted by Gasteiger charge is -2.17. The first-order chi connectivity index (χ1) is 7.86. The molecule has 0 spiro atoms. The Morgan fingerprint density at radius 1 is 1.44 bits per heavy atom. The van der Waals surface area contributed by atoms with Gasteiger partial charge in [-0.2, -0.15) is 0 Å². The highest BCUT2D eigenvalue weighted by Crippen LogP contribution is 2.18. The van der Waals surface area contributed by atoms with Gasteiger partial charge in [0.1, 0.15) is 0 Å². The molecule has 1 aliphatic rings. The molecule has 0 bridgehead atoms. The zero-order valence-electron chi connectivity index (χ0n) is 10.8. The molecule has 0 aromatic heterocycles.